The lowest BCUT2D eigenvalue weighted by atomic mass is 9.75. The predicted octanol–water partition coefficient (Wildman–Crippen LogP) is 8.75. The predicted molar refractivity (Wildman–Crippen MR) is 393 cm³/mol. The van der Waals surface area contributed by atoms with Crippen LogP contribution in [0.25, 0.3) is 0 Å². The minimum atomic E-state index is -0.789. The third kappa shape index (κ3) is 24.1. The average molecular weight is 1510 g/mol. The molecule has 0 aliphatic carbocycles. The molecule has 35 nitrogen and oxygen atoms in total. The number of amides is 1. The normalized spacial score (nSPS) is 24.8. The van der Waals surface area contributed by atoms with Gasteiger partial charge in [-0.1, -0.05) is 24.1 Å². The molecule has 0 bridgehead atoms. The van der Waals surface area contributed by atoms with Gasteiger partial charge in [0.1, 0.15) is 17.9 Å². The first-order valence-electron chi connectivity index (χ1n) is 35.8. The summed E-state index contributed by atoms with van der Waals surface area (Å²) in [7, 11) is 1.68. The Bertz CT molecular complexity index is 3280. The summed E-state index contributed by atoms with van der Waals surface area (Å²) in [5, 5.41) is 119. The number of halogens is 1. The van der Waals surface area contributed by atoms with Crippen LogP contribution in [0.1, 0.15) is 223 Å². The molecule has 6 fully saturated rings. The number of nitriles is 1. The van der Waals surface area contributed by atoms with Crippen LogP contribution in [0.2, 0.25) is 5.28 Å². The van der Waals surface area contributed by atoms with Crippen molar-refractivity contribution in [2.45, 2.75) is 298 Å². The van der Waals surface area contributed by atoms with Crippen molar-refractivity contribution in [2.24, 2.45) is 35.0 Å². The molecule has 0 spiro atoms. The van der Waals surface area contributed by atoms with Gasteiger partial charge < -0.3 is 56.7 Å². The van der Waals surface area contributed by atoms with Crippen molar-refractivity contribution < 1.29 is 69.4 Å². The highest BCUT2D eigenvalue weighted by Gasteiger charge is 2.53. The van der Waals surface area contributed by atoms with Crippen LogP contribution in [0.3, 0.4) is 0 Å². The summed E-state index contributed by atoms with van der Waals surface area (Å²) >= 11 is 5.72. The summed E-state index contributed by atoms with van der Waals surface area (Å²) in [5.41, 5.74) is 0.0987. The average Bonchev–Trinajstić information content (AvgIpc) is 1.38. The maximum absolute atomic E-state index is 12.6. The molecule has 598 valence electrons. The maximum atomic E-state index is 12.6. The molecule has 0 radical (unpaired) electrons. The van der Waals surface area contributed by atoms with Gasteiger partial charge in [-0.25, -0.2) is 20.3 Å². The zero-order chi connectivity index (χ0) is 78.9. The van der Waals surface area contributed by atoms with Crippen molar-refractivity contribution in [2.75, 3.05) is 63.3 Å². The fourth-order valence-corrected chi connectivity index (χ4v) is 16.7. The number of esters is 1. The lowest BCUT2D eigenvalue weighted by Gasteiger charge is -2.51. The molecule has 36 heteroatoms. The third-order valence-electron chi connectivity index (χ3n) is 20.9. The monoisotopic (exact) mass is 1510 g/mol. The van der Waals surface area contributed by atoms with Gasteiger partial charge in [0.25, 0.3) is 11.5 Å². The van der Waals surface area contributed by atoms with E-state index in [1.807, 2.05) is 83.1 Å². The molecule has 7 aliphatic rings. The summed E-state index contributed by atoms with van der Waals surface area (Å²) in [5.74, 6) is 0.781. The summed E-state index contributed by atoms with van der Waals surface area (Å²) in [6.07, 6.45) is 8.49. The molecule has 2 unspecified atom stereocenters. The second-order valence-corrected chi connectivity index (χ2v) is 35.2. The van der Waals surface area contributed by atoms with Crippen molar-refractivity contribution in [1.82, 2.24) is 61.0 Å². The standard InChI is InChI=1S/C19H34ClN9O2.C16H24N4O4.C14H25N5O3.C10H21NO.C9H18N2O4.CH4/c1-18(2)13-15(14-19(3,4)28(18)30)21-7-8-26-9-11-27(12-10-26)29(31)25-24-16-5-6-22-17(20)23-16;1-10(13-12(8-17)19(22)9-18-13)24-14(21)11-6-15(2,3)20(23)16(4,5)7-11;1-13(2)6-10(7-14(3,4)19(13)21)15-8-11-12(16-9-20)18(5)22-17-11;1-8-6-9(2,3)11(12)10(4,5)7-8;1-8(2)5-7(6-15-11(13)14)9(3,4)10(8)12;/h5-6,15,21,30H,7-14H2,1-4H3,(H,22,23,24);10-11,23H,6-7,9H2,1-5H3;9-10,15,21H,6-8H2,1-5H3;8,12H,6-7H2,1-5H3;7,12H,5-6H2,1-4H3;1H4/p+1/b29-25-;;;;;. The summed E-state index contributed by atoms with van der Waals surface area (Å²) in [6.45, 7) is 48.6. The van der Waals surface area contributed by atoms with Crippen LogP contribution in [-0.4, -0.2) is 241 Å². The summed E-state index contributed by atoms with van der Waals surface area (Å²) in [4.78, 5) is 52.3. The molecule has 105 heavy (non-hydrogen) atoms. The first kappa shape index (κ1) is 91.1. The largest absolute Gasteiger partial charge is 0.673 e. The van der Waals surface area contributed by atoms with Gasteiger partial charge in [0.2, 0.25) is 23.5 Å². The van der Waals surface area contributed by atoms with E-state index in [0.29, 0.717) is 84.3 Å². The Morgan fingerprint density at radius 3 is 1.68 bits per heavy atom. The number of hydroxylamine groups is 11. The molecule has 0 saturated carbocycles. The van der Waals surface area contributed by atoms with Gasteiger partial charge >= 0.3 is 17.5 Å². The minimum Gasteiger partial charge on any atom is -0.673 e. The fourth-order valence-electron chi connectivity index (χ4n) is 16.6. The van der Waals surface area contributed by atoms with Gasteiger partial charge in [-0.05, 0) is 221 Å². The highest BCUT2D eigenvalue weighted by atomic mass is 35.5. The van der Waals surface area contributed by atoms with Gasteiger partial charge in [0, 0.05) is 112 Å². The van der Waals surface area contributed by atoms with Gasteiger partial charge in [-0.3, -0.25) is 14.5 Å². The van der Waals surface area contributed by atoms with Gasteiger partial charge in [0.15, 0.2) is 11.8 Å². The Morgan fingerprint density at radius 2 is 1.23 bits per heavy atom. The molecule has 6 saturated heterocycles. The van der Waals surface area contributed by atoms with E-state index in [-0.39, 0.29) is 94.1 Å². The summed E-state index contributed by atoms with van der Waals surface area (Å²) in [6, 6.07) is 3.99. The molecular formula is C69H127ClN21O14+. The molecule has 1 amide bonds. The van der Waals surface area contributed by atoms with Crippen LogP contribution in [0, 0.1) is 49.6 Å². The Hall–Kier alpha value is -6.24. The quantitative estimate of drug-likeness (QED) is 0.00983. The fraction of sp³-hybridized carbons (Fsp3) is 0.841. The van der Waals surface area contributed by atoms with Gasteiger partial charge in [-0.2, -0.15) is 40.3 Å². The number of aryl methyl sites for hydroxylation is 1. The van der Waals surface area contributed by atoms with Crippen molar-refractivity contribution >= 4 is 47.0 Å². The number of piperazine rings is 1. The number of carbonyl (C=O) groups excluding carboxylic acids is 2. The number of anilines is 2. The Labute approximate surface area is 625 Å². The number of piperidine rings is 4. The molecule has 7 aliphatic heterocycles. The van der Waals surface area contributed by atoms with Crippen molar-refractivity contribution in [3.8, 4) is 6.07 Å². The smallest absolute Gasteiger partial charge is 0.316 e. The van der Waals surface area contributed by atoms with Crippen LogP contribution in [-0.2, 0) is 32.8 Å². The van der Waals surface area contributed by atoms with Gasteiger partial charge in [-0.15, -0.1) is 20.2 Å². The molecule has 9 heterocycles. The van der Waals surface area contributed by atoms with Crippen molar-refractivity contribution in [1.29, 1.82) is 5.26 Å². The highest BCUT2D eigenvalue weighted by Crippen LogP contribution is 2.45. The van der Waals surface area contributed by atoms with Crippen LogP contribution >= 0.6 is 11.6 Å². The van der Waals surface area contributed by atoms with E-state index in [1.54, 1.807) is 31.1 Å². The number of aromatic nitrogens is 4. The van der Waals surface area contributed by atoms with Gasteiger partial charge in [0.05, 0.1) is 37.8 Å². The van der Waals surface area contributed by atoms with E-state index in [9.17, 15) is 56.2 Å². The van der Waals surface area contributed by atoms with E-state index in [4.69, 9.17) is 26.2 Å². The number of nitrogens with one attached hydrogen (secondary N) is 4. The maximum Gasteiger partial charge on any atom is 0.316 e. The first-order valence-corrected chi connectivity index (χ1v) is 36.2. The Kier molecular flexibility index (Phi) is 31.1. The van der Waals surface area contributed by atoms with E-state index in [0.717, 1.165) is 64.7 Å². The molecule has 2 aromatic heterocycles. The lowest BCUT2D eigenvalue weighted by molar-refractivity contribution is -0.842. The topological polar surface area (TPSA) is 424 Å². The summed E-state index contributed by atoms with van der Waals surface area (Å²) < 4.78 is 12.4. The number of aliphatic imine (C=N–C) groups is 1. The zero-order valence-electron chi connectivity index (χ0n) is 65.8. The van der Waals surface area contributed by atoms with Crippen LogP contribution in [0.4, 0.5) is 11.6 Å². The first-order chi connectivity index (χ1) is 47.7. The lowest BCUT2D eigenvalue weighted by Crippen LogP contribution is -2.62. The highest BCUT2D eigenvalue weighted by molar-refractivity contribution is 6.48. The molecular weight excluding hydrogens is 1380 g/mol. The third-order valence-corrected chi connectivity index (χ3v) is 21.1. The van der Waals surface area contributed by atoms with E-state index < -0.39 is 33.8 Å². The number of hydrazine groups is 1. The molecule has 9 N–H and O–H groups in total. The molecule has 2 aromatic rings. The van der Waals surface area contributed by atoms with E-state index in [2.05, 4.69) is 119 Å². The Balaban J connectivity index is 0.000000287. The number of rotatable bonds is 18. The molecule has 0 aromatic carbocycles. The minimum absolute atomic E-state index is 0. The second-order valence-electron chi connectivity index (χ2n) is 34.9. The number of carbonyl (C=O) groups is 2. The van der Waals surface area contributed by atoms with Crippen LogP contribution in [0.5, 0.6) is 0 Å². The van der Waals surface area contributed by atoms with Crippen LogP contribution < -0.4 is 26.1 Å². The molecule has 9 rings (SSSR count). The van der Waals surface area contributed by atoms with Crippen LogP contribution in [0.15, 0.2) is 27.1 Å². The Morgan fingerprint density at radius 1 is 0.762 bits per heavy atom. The van der Waals surface area contributed by atoms with Crippen molar-refractivity contribution in [3.05, 3.63) is 43.8 Å². The number of ether oxygens (including phenoxy) is 1. The number of hydrogen-bond donors (Lipinski definition) is 9. The second kappa shape index (κ2) is 35.9. The SMILES string of the molecule is C.CC(OC(=O)C1CC(C)(C)N(O)C(C)(C)C1)C1=NC[N+]([O-])=C1C#N.CC1(C)CC(CO[N+](=O)[O-])C(C)(C)N1O.CC1(C)CC(NCCN2CCN(/[N+]([O-])=N/Nc3ccnc(Cl)n3)CC2)CC(C)(C)N1O.CC1CC(C)(C)N(O)C(C)(C)C1.C[n+]1onc(CNC2CC(C)(C)N(O)C(C)(C)C2)c1NC=O. The molecule has 2 atom stereocenters. The van der Waals surface area contributed by atoms with E-state index in [1.165, 1.54) is 36.3 Å². The van der Waals surface area contributed by atoms with Crippen molar-refractivity contribution in [3.63, 3.8) is 0 Å². The number of hydrogen-bond acceptors (Lipinski definition) is 28. The van der Waals surface area contributed by atoms with E-state index >= 15 is 0 Å². The number of nitrogens with zero attached hydrogens (tertiary/aromatic N) is 17. The zero-order valence-corrected chi connectivity index (χ0v) is 66.6.